The van der Waals surface area contributed by atoms with E-state index in [0.717, 1.165) is 18.9 Å². The second-order valence-corrected chi connectivity index (χ2v) is 5.68. The number of imidazole rings is 1. The highest BCUT2D eigenvalue weighted by Crippen LogP contribution is 2.22. The summed E-state index contributed by atoms with van der Waals surface area (Å²) in [5.74, 6) is 0.0162. The molecule has 1 saturated heterocycles. The highest BCUT2D eigenvalue weighted by atomic mass is 79.9. The highest BCUT2D eigenvalue weighted by molar-refractivity contribution is 9.10. The van der Waals surface area contributed by atoms with Gasteiger partial charge in [0.1, 0.15) is 10.4 Å². The minimum absolute atomic E-state index is 0.108. The summed E-state index contributed by atoms with van der Waals surface area (Å²) in [6.45, 7) is 2.04. The molecule has 1 aliphatic rings. The number of hydrogen-bond acceptors (Lipinski definition) is 4. The minimum atomic E-state index is -0.898. The van der Waals surface area contributed by atoms with Gasteiger partial charge in [0.05, 0.1) is 12.1 Å². The Bertz CT molecular complexity index is 649. The van der Waals surface area contributed by atoms with Crippen LogP contribution in [0.5, 0.6) is 0 Å². The number of carboxylic acid groups (broad SMARTS) is 1. The van der Waals surface area contributed by atoms with Crippen LogP contribution < -0.4 is 4.90 Å². The Morgan fingerprint density at radius 1 is 1.30 bits per heavy atom. The molecule has 0 aromatic carbocycles. The third kappa shape index (κ3) is 2.49. The second kappa shape index (κ2) is 5.40. The van der Waals surface area contributed by atoms with Gasteiger partial charge in [-0.15, -0.1) is 5.10 Å². The summed E-state index contributed by atoms with van der Waals surface area (Å²) in [4.78, 5) is 17.4. The molecular weight excluding hydrogens is 324 g/mol. The normalized spacial score (nSPS) is 15.8. The average molecular weight is 339 g/mol. The second-order valence-electron chi connectivity index (χ2n) is 4.93. The standard InChI is InChI=1S/C13H15BrN4O2/c14-13-9(8-12(19)20)15-10-4-5-11(16-18(10)13)17-6-2-1-3-7-17/h4-5H,1-3,6-8H2,(H,19,20). The summed E-state index contributed by atoms with van der Waals surface area (Å²) in [5, 5.41) is 13.4. The van der Waals surface area contributed by atoms with Crippen molar-refractivity contribution in [1.29, 1.82) is 0 Å². The molecule has 0 saturated carbocycles. The molecule has 3 heterocycles. The van der Waals surface area contributed by atoms with Crippen LogP contribution >= 0.6 is 15.9 Å². The molecule has 7 heteroatoms. The van der Waals surface area contributed by atoms with Crippen molar-refractivity contribution in [2.45, 2.75) is 25.7 Å². The number of nitrogens with zero attached hydrogens (tertiary/aromatic N) is 4. The van der Waals surface area contributed by atoms with Crippen molar-refractivity contribution < 1.29 is 9.90 Å². The van der Waals surface area contributed by atoms with E-state index >= 15 is 0 Å². The monoisotopic (exact) mass is 338 g/mol. The van der Waals surface area contributed by atoms with Gasteiger partial charge >= 0.3 is 5.97 Å². The maximum absolute atomic E-state index is 10.8. The molecule has 1 fully saturated rings. The fourth-order valence-corrected chi connectivity index (χ4v) is 2.98. The summed E-state index contributed by atoms with van der Waals surface area (Å²) in [6.07, 6.45) is 3.55. The van der Waals surface area contributed by atoms with Gasteiger partial charge in [-0.2, -0.15) is 0 Å². The Kier molecular flexibility index (Phi) is 3.60. The number of fused-ring (bicyclic) bond motifs is 1. The summed E-state index contributed by atoms with van der Waals surface area (Å²) >= 11 is 3.39. The maximum Gasteiger partial charge on any atom is 0.309 e. The molecule has 0 bridgehead atoms. The average Bonchev–Trinajstić information content (AvgIpc) is 2.75. The summed E-state index contributed by atoms with van der Waals surface area (Å²) in [6, 6.07) is 3.83. The molecule has 20 heavy (non-hydrogen) atoms. The van der Waals surface area contributed by atoms with Crippen LogP contribution in [0.4, 0.5) is 5.82 Å². The Hall–Kier alpha value is -1.63. The van der Waals surface area contributed by atoms with E-state index in [1.54, 1.807) is 4.52 Å². The summed E-state index contributed by atoms with van der Waals surface area (Å²) in [7, 11) is 0. The van der Waals surface area contributed by atoms with Gasteiger partial charge in [-0.1, -0.05) is 0 Å². The van der Waals surface area contributed by atoms with Gasteiger partial charge in [0.2, 0.25) is 0 Å². The Morgan fingerprint density at radius 3 is 2.75 bits per heavy atom. The number of carbonyl (C=O) groups is 1. The van der Waals surface area contributed by atoms with Gasteiger partial charge in [-0.25, -0.2) is 9.50 Å². The van der Waals surface area contributed by atoms with Crippen LogP contribution in [-0.2, 0) is 11.2 Å². The number of anilines is 1. The van der Waals surface area contributed by atoms with Crippen LogP contribution in [0.1, 0.15) is 25.0 Å². The van der Waals surface area contributed by atoms with Gasteiger partial charge < -0.3 is 10.0 Å². The molecule has 0 atom stereocenters. The first kappa shape index (κ1) is 13.4. The van der Waals surface area contributed by atoms with E-state index in [1.165, 1.54) is 19.3 Å². The molecule has 3 rings (SSSR count). The number of aliphatic carboxylic acids is 1. The van der Waals surface area contributed by atoms with E-state index in [0.29, 0.717) is 15.9 Å². The maximum atomic E-state index is 10.8. The molecular formula is C13H15BrN4O2. The van der Waals surface area contributed by atoms with Gasteiger partial charge in [-0.3, -0.25) is 4.79 Å². The van der Waals surface area contributed by atoms with Crippen LogP contribution in [0.15, 0.2) is 16.7 Å². The summed E-state index contributed by atoms with van der Waals surface area (Å²) < 4.78 is 2.29. The zero-order valence-corrected chi connectivity index (χ0v) is 12.5. The van der Waals surface area contributed by atoms with Crippen molar-refractivity contribution in [3.05, 3.63) is 22.4 Å². The van der Waals surface area contributed by atoms with Crippen molar-refractivity contribution in [3.8, 4) is 0 Å². The zero-order valence-electron chi connectivity index (χ0n) is 10.9. The van der Waals surface area contributed by atoms with Crippen LogP contribution in [0, 0.1) is 0 Å². The van der Waals surface area contributed by atoms with Gasteiger partial charge in [-0.05, 0) is 47.3 Å². The molecule has 6 nitrogen and oxygen atoms in total. The highest BCUT2D eigenvalue weighted by Gasteiger charge is 2.17. The third-order valence-electron chi connectivity index (χ3n) is 3.47. The van der Waals surface area contributed by atoms with E-state index in [2.05, 4.69) is 30.9 Å². The van der Waals surface area contributed by atoms with Crippen LogP contribution in [0.2, 0.25) is 0 Å². The lowest BCUT2D eigenvalue weighted by atomic mass is 10.1. The Morgan fingerprint density at radius 2 is 2.05 bits per heavy atom. The number of aromatic nitrogens is 3. The van der Waals surface area contributed by atoms with Crippen molar-refractivity contribution in [1.82, 2.24) is 14.6 Å². The zero-order chi connectivity index (χ0) is 14.1. The fourth-order valence-electron chi connectivity index (χ4n) is 2.49. The van der Waals surface area contributed by atoms with Crippen molar-refractivity contribution in [2.24, 2.45) is 0 Å². The molecule has 1 aliphatic heterocycles. The number of hydrogen-bond donors (Lipinski definition) is 1. The first-order valence-electron chi connectivity index (χ1n) is 6.66. The molecule has 2 aromatic rings. The minimum Gasteiger partial charge on any atom is -0.481 e. The largest absolute Gasteiger partial charge is 0.481 e. The first-order chi connectivity index (χ1) is 9.65. The Balaban J connectivity index is 1.97. The Labute approximate surface area is 124 Å². The third-order valence-corrected chi connectivity index (χ3v) is 4.27. The molecule has 0 unspecified atom stereocenters. The number of carboxylic acids is 1. The molecule has 2 aromatic heterocycles. The van der Waals surface area contributed by atoms with Gasteiger partial charge in [0.15, 0.2) is 5.65 Å². The number of halogens is 1. The SMILES string of the molecule is O=C(O)Cc1nc2ccc(N3CCCCC3)nn2c1Br. The smallest absolute Gasteiger partial charge is 0.309 e. The van der Waals surface area contributed by atoms with Crippen molar-refractivity contribution in [3.63, 3.8) is 0 Å². The predicted octanol–water partition coefficient (Wildman–Crippen LogP) is 2.11. The summed E-state index contributed by atoms with van der Waals surface area (Å²) in [5.41, 5.74) is 1.16. The number of rotatable bonds is 3. The predicted molar refractivity (Wildman–Crippen MR) is 78.1 cm³/mol. The van der Waals surface area contributed by atoms with E-state index in [-0.39, 0.29) is 6.42 Å². The van der Waals surface area contributed by atoms with Gasteiger partial charge in [0, 0.05) is 13.1 Å². The van der Waals surface area contributed by atoms with Crippen LogP contribution in [0.3, 0.4) is 0 Å². The molecule has 0 aliphatic carbocycles. The lowest BCUT2D eigenvalue weighted by Crippen LogP contribution is -2.30. The number of piperidine rings is 1. The van der Waals surface area contributed by atoms with Crippen molar-refractivity contribution in [2.75, 3.05) is 18.0 Å². The molecule has 0 spiro atoms. The molecule has 1 N–H and O–H groups in total. The quantitative estimate of drug-likeness (QED) is 0.927. The van der Waals surface area contributed by atoms with E-state index < -0.39 is 5.97 Å². The van der Waals surface area contributed by atoms with E-state index in [9.17, 15) is 4.79 Å². The van der Waals surface area contributed by atoms with Crippen LogP contribution in [-0.4, -0.2) is 38.8 Å². The van der Waals surface area contributed by atoms with E-state index in [1.807, 2.05) is 12.1 Å². The fraction of sp³-hybridized carbons (Fsp3) is 0.462. The topological polar surface area (TPSA) is 70.7 Å². The van der Waals surface area contributed by atoms with Crippen LogP contribution in [0.25, 0.3) is 5.65 Å². The lowest BCUT2D eigenvalue weighted by molar-refractivity contribution is -0.136. The van der Waals surface area contributed by atoms with Gasteiger partial charge in [0.25, 0.3) is 0 Å². The molecule has 0 radical (unpaired) electrons. The molecule has 0 amide bonds. The lowest BCUT2D eigenvalue weighted by Gasteiger charge is -2.27. The van der Waals surface area contributed by atoms with Crippen molar-refractivity contribution >= 4 is 33.4 Å². The first-order valence-corrected chi connectivity index (χ1v) is 7.45. The van der Waals surface area contributed by atoms with E-state index in [4.69, 9.17) is 5.11 Å². The molecule has 106 valence electrons.